The van der Waals surface area contributed by atoms with E-state index in [0.29, 0.717) is 6.61 Å². The zero-order valence-corrected chi connectivity index (χ0v) is 9.52. The standard InChI is InChI=1S/C7H17O3P.Co/c1-3-5-6-7-10-11(8,9)4-2;/h3-7H2,1-2H3,(H,8,9);. The maximum absolute atomic E-state index is 10.9. The first-order valence-electron chi connectivity index (χ1n) is 4.08. The first-order chi connectivity index (χ1) is 5.12. The van der Waals surface area contributed by atoms with Crippen molar-refractivity contribution >= 4 is 7.60 Å². The molecule has 0 saturated heterocycles. The molecule has 0 aromatic rings. The summed E-state index contributed by atoms with van der Waals surface area (Å²) in [7, 11) is -3.21. The molecule has 0 saturated carbocycles. The van der Waals surface area contributed by atoms with E-state index in [1.165, 1.54) is 0 Å². The van der Waals surface area contributed by atoms with Crippen LogP contribution in [0.3, 0.4) is 0 Å². The first-order valence-corrected chi connectivity index (χ1v) is 5.85. The maximum atomic E-state index is 10.9. The molecule has 0 spiro atoms. The number of rotatable bonds is 6. The molecule has 0 aliphatic rings. The van der Waals surface area contributed by atoms with Crippen molar-refractivity contribution in [1.82, 2.24) is 0 Å². The Hall–Kier alpha value is 0.656. The third-order valence-corrected chi connectivity index (χ3v) is 2.83. The van der Waals surface area contributed by atoms with Gasteiger partial charge in [-0.25, -0.2) is 0 Å². The van der Waals surface area contributed by atoms with Crippen molar-refractivity contribution in [2.24, 2.45) is 0 Å². The van der Waals surface area contributed by atoms with E-state index in [4.69, 9.17) is 9.42 Å². The minimum Gasteiger partial charge on any atom is -0.324 e. The van der Waals surface area contributed by atoms with Gasteiger partial charge in [-0.15, -0.1) is 0 Å². The van der Waals surface area contributed by atoms with Gasteiger partial charge in [0.15, 0.2) is 0 Å². The molecule has 77 valence electrons. The summed E-state index contributed by atoms with van der Waals surface area (Å²) >= 11 is 0. The molecule has 0 fully saturated rings. The third-order valence-electron chi connectivity index (χ3n) is 1.44. The molecule has 0 rings (SSSR count). The second-order valence-corrected chi connectivity index (χ2v) is 4.66. The van der Waals surface area contributed by atoms with Crippen LogP contribution in [0.1, 0.15) is 33.1 Å². The van der Waals surface area contributed by atoms with Crippen LogP contribution < -0.4 is 0 Å². The minimum absolute atomic E-state index is 0. The van der Waals surface area contributed by atoms with Gasteiger partial charge < -0.3 is 9.42 Å². The molecule has 0 heterocycles. The van der Waals surface area contributed by atoms with Crippen LogP contribution in [0.4, 0.5) is 0 Å². The molecule has 1 unspecified atom stereocenters. The van der Waals surface area contributed by atoms with Crippen molar-refractivity contribution < 1.29 is 30.8 Å². The van der Waals surface area contributed by atoms with Crippen molar-refractivity contribution in [2.75, 3.05) is 12.8 Å². The normalized spacial score (nSPS) is 14.9. The van der Waals surface area contributed by atoms with Gasteiger partial charge in [0.05, 0.1) is 6.61 Å². The van der Waals surface area contributed by atoms with Crippen molar-refractivity contribution in [2.45, 2.75) is 33.1 Å². The molecule has 12 heavy (non-hydrogen) atoms. The van der Waals surface area contributed by atoms with E-state index in [9.17, 15) is 4.57 Å². The quantitative estimate of drug-likeness (QED) is 0.571. The molecule has 1 N–H and O–H groups in total. The van der Waals surface area contributed by atoms with Gasteiger partial charge in [0.25, 0.3) is 0 Å². The monoisotopic (exact) mass is 239 g/mol. The van der Waals surface area contributed by atoms with Gasteiger partial charge in [0.1, 0.15) is 0 Å². The fraction of sp³-hybridized carbons (Fsp3) is 1.00. The van der Waals surface area contributed by atoms with Crippen molar-refractivity contribution in [3.05, 3.63) is 0 Å². The Morgan fingerprint density at radius 3 is 2.33 bits per heavy atom. The summed E-state index contributed by atoms with van der Waals surface area (Å²) < 4.78 is 15.7. The second-order valence-electron chi connectivity index (χ2n) is 2.49. The zero-order chi connectivity index (χ0) is 8.74. The Morgan fingerprint density at radius 1 is 1.33 bits per heavy atom. The van der Waals surface area contributed by atoms with E-state index in [0.717, 1.165) is 19.3 Å². The molecule has 0 aromatic carbocycles. The average molecular weight is 239 g/mol. The van der Waals surface area contributed by atoms with Crippen LogP contribution in [0.2, 0.25) is 0 Å². The van der Waals surface area contributed by atoms with Gasteiger partial charge in [-0.2, -0.15) is 0 Å². The topological polar surface area (TPSA) is 46.5 Å². The SMILES string of the molecule is CCCCCOP(=O)(O)CC.[Co]. The summed E-state index contributed by atoms with van der Waals surface area (Å²) in [6.07, 6.45) is 3.25. The number of unbranched alkanes of at least 4 members (excludes halogenated alkanes) is 2. The van der Waals surface area contributed by atoms with Gasteiger partial charge in [0, 0.05) is 22.9 Å². The van der Waals surface area contributed by atoms with Crippen LogP contribution >= 0.6 is 7.60 Å². The van der Waals surface area contributed by atoms with Crippen molar-refractivity contribution in [1.29, 1.82) is 0 Å². The van der Waals surface area contributed by atoms with Crippen molar-refractivity contribution in [3.8, 4) is 0 Å². The Labute approximate surface area is 84.6 Å². The van der Waals surface area contributed by atoms with E-state index >= 15 is 0 Å². The van der Waals surface area contributed by atoms with Gasteiger partial charge >= 0.3 is 7.60 Å². The molecule has 5 heteroatoms. The third kappa shape index (κ3) is 8.75. The van der Waals surface area contributed by atoms with E-state index in [1.54, 1.807) is 6.92 Å². The molecular weight excluding hydrogens is 222 g/mol. The predicted molar refractivity (Wildman–Crippen MR) is 45.8 cm³/mol. The summed E-state index contributed by atoms with van der Waals surface area (Å²) in [6, 6.07) is 0. The fourth-order valence-electron chi connectivity index (χ4n) is 0.651. The van der Waals surface area contributed by atoms with E-state index in [-0.39, 0.29) is 22.9 Å². The van der Waals surface area contributed by atoms with E-state index in [2.05, 4.69) is 6.92 Å². The van der Waals surface area contributed by atoms with Gasteiger partial charge in [-0.1, -0.05) is 26.7 Å². The van der Waals surface area contributed by atoms with Crippen LogP contribution in [-0.4, -0.2) is 17.7 Å². The minimum atomic E-state index is -3.21. The van der Waals surface area contributed by atoms with Gasteiger partial charge in [0.2, 0.25) is 0 Å². The predicted octanol–water partition coefficient (Wildman–Crippen LogP) is 2.40. The summed E-state index contributed by atoms with van der Waals surface area (Å²) in [4.78, 5) is 8.96. The van der Waals surface area contributed by atoms with Gasteiger partial charge in [-0.05, 0) is 6.42 Å². The Morgan fingerprint density at radius 2 is 1.92 bits per heavy atom. The molecule has 0 amide bonds. The molecule has 1 atom stereocenters. The molecule has 3 nitrogen and oxygen atoms in total. The summed E-state index contributed by atoms with van der Waals surface area (Å²) in [6.45, 7) is 4.15. The molecule has 0 aromatic heterocycles. The molecule has 0 bridgehead atoms. The zero-order valence-electron chi connectivity index (χ0n) is 7.58. The van der Waals surface area contributed by atoms with E-state index in [1.807, 2.05) is 0 Å². The molecule has 1 radical (unpaired) electrons. The molecule has 0 aliphatic heterocycles. The first kappa shape index (κ1) is 15.1. The van der Waals surface area contributed by atoms with Crippen LogP contribution in [0.5, 0.6) is 0 Å². The Balaban J connectivity index is 0. The maximum Gasteiger partial charge on any atom is 0.327 e. The van der Waals surface area contributed by atoms with Crippen LogP contribution in [0, 0.1) is 0 Å². The van der Waals surface area contributed by atoms with Crippen LogP contribution in [0.15, 0.2) is 0 Å². The summed E-state index contributed by atoms with van der Waals surface area (Å²) in [5.41, 5.74) is 0. The smallest absolute Gasteiger partial charge is 0.324 e. The number of hydrogen-bond acceptors (Lipinski definition) is 2. The second kappa shape index (κ2) is 8.26. The largest absolute Gasteiger partial charge is 0.327 e. The Kier molecular flexibility index (Phi) is 10.4. The van der Waals surface area contributed by atoms with E-state index < -0.39 is 7.60 Å². The average Bonchev–Trinajstić information content (AvgIpc) is 1.99. The molecular formula is C7H17CoO3P. The fourth-order valence-corrected chi connectivity index (χ4v) is 1.25. The van der Waals surface area contributed by atoms with Gasteiger partial charge in [-0.3, -0.25) is 4.57 Å². The summed E-state index contributed by atoms with van der Waals surface area (Å²) in [5, 5.41) is 0. The van der Waals surface area contributed by atoms with Crippen LogP contribution in [-0.2, 0) is 25.9 Å². The van der Waals surface area contributed by atoms with Crippen LogP contribution in [0.25, 0.3) is 0 Å². The number of hydrogen-bond donors (Lipinski definition) is 1. The summed E-state index contributed by atoms with van der Waals surface area (Å²) in [5.74, 6) is 0. The Bertz CT molecular complexity index is 141. The van der Waals surface area contributed by atoms with Crippen molar-refractivity contribution in [3.63, 3.8) is 0 Å². The molecule has 0 aliphatic carbocycles.